The van der Waals surface area contributed by atoms with E-state index in [0.717, 1.165) is 11.1 Å². The summed E-state index contributed by atoms with van der Waals surface area (Å²) in [4.78, 5) is 23.4. The van der Waals surface area contributed by atoms with Crippen LogP contribution in [0.3, 0.4) is 0 Å². The van der Waals surface area contributed by atoms with Gasteiger partial charge in [-0.3, -0.25) is 9.59 Å². The summed E-state index contributed by atoms with van der Waals surface area (Å²) in [6.45, 7) is 3.78. The van der Waals surface area contributed by atoms with Crippen LogP contribution in [0.2, 0.25) is 0 Å². The SMILES string of the molecule is CC(=O)NC(CC(=O)NCc1ccco1)c1ccc(C)cc1. The molecule has 0 aliphatic rings. The lowest BCUT2D eigenvalue weighted by atomic mass is 10.0. The zero-order valence-corrected chi connectivity index (χ0v) is 12.8. The summed E-state index contributed by atoms with van der Waals surface area (Å²) in [7, 11) is 0. The molecule has 0 spiro atoms. The molecule has 1 unspecified atom stereocenters. The minimum absolute atomic E-state index is 0.143. The second kappa shape index (κ2) is 7.45. The number of aryl methyl sites for hydroxylation is 1. The van der Waals surface area contributed by atoms with Gasteiger partial charge in [0.1, 0.15) is 5.76 Å². The van der Waals surface area contributed by atoms with Crippen LogP contribution in [0.25, 0.3) is 0 Å². The van der Waals surface area contributed by atoms with E-state index >= 15 is 0 Å². The van der Waals surface area contributed by atoms with Crippen LogP contribution in [0.15, 0.2) is 47.1 Å². The van der Waals surface area contributed by atoms with Crippen molar-refractivity contribution < 1.29 is 14.0 Å². The summed E-state index contributed by atoms with van der Waals surface area (Å²) in [5, 5.41) is 5.60. The molecule has 1 atom stereocenters. The van der Waals surface area contributed by atoms with Gasteiger partial charge in [0.2, 0.25) is 11.8 Å². The number of hydrogen-bond donors (Lipinski definition) is 2. The Morgan fingerprint density at radius 3 is 2.50 bits per heavy atom. The number of nitrogens with one attached hydrogen (secondary N) is 2. The molecular weight excluding hydrogens is 280 g/mol. The lowest BCUT2D eigenvalue weighted by Gasteiger charge is -2.18. The number of carbonyl (C=O) groups is 2. The van der Waals surface area contributed by atoms with E-state index < -0.39 is 0 Å². The molecule has 0 saturated carbocycles. The molecule has 22 heavy (non-hydrogen) atoms. The average molecular weight is 300 g/mol. The highest BCUT2D eigenvalue weighted by molar-refractivity contribution is 5.79. The Hall–Kier alpha value is -2.56. The van der Waals surface area contributed by atoms with E-state index in [0.29, 0.717) is 12.3 Å². The maximum absolute atomic E-state index is 12.1. The number of rotatable bonds is 6. The molecular formula is C17H20N2O3. The smallest absolute Gasteiger partial charge is 0.222 e. The van der Waals surface area contributed by atoms with Gasteiger partial charge in [0.05, 0.1) is 25.3 Å². The fourth-order valence-corrected chi connectivity index (χ4v) is 2.15. The first-order chi connectivity index (χ1) is 10.5. The van der Waals surface area contributed by atoms with Gasteiger partial charge < -0.3 is 15.1 Å². The van der Waals surface area contributed by atoms with E-state index in [1.54, 1.807) is 18.4 Å². The van der Waals surface area contributed by atoms with Gasteiger partial charge in [-0.2, -0.15) is 0 Å². The Kier molecular flexibility index (Phi) is 5.36. The molecule has 2 rings (SSSR count). The third kappa shape index (κ3) is 4.77. The van der Waals surface area contributed by atoms with Crippen molar-refractivity contribution in [3.8, 4) is 0 Å². The first kappa shape index (κ1) is 15.8. The minimum Gasteiger partial charge on any atom is -0.467 e. The standard InChI is InChI=1S/C17H20N2O3/c1-12-5-7-14(8-6-12)16(19-13(2)20)10-17(21)18-11-15-4-3-9-22-15/h3-9,16H,10-11H2,1-2H3,(H,18,21)(H,19,20). The summed E-state index contributed by atoms with van der Waals surface area (Å²) >= 11 is 0. The highest BCUT2D eigenvalue weighted by Gasteiger charge is 2.17. The van der Waals surface area contributed by atoms with Crippen LogP contribution in [-0.4, -0.2) is 11.8 Å². The first-order valence-corrected chi connectivity index (χ1v) is 7.17. The van der Waals surface area contributed by atoms with E-state index in [2.05, 4.69) is 10.6 Å². The van der Waals surface area contributed by atoms with Gasteiger partial charge in [-0.25, -0.2) is 0 Å². The van der Waals surface area contributed by atoms with Crippen LogP contribution < -0.4 is 10.6 Å². The lowest BCUT2D eigenvalue weighted by molar-refractivity contribution is -0.123. The molecule has 2 aromatic rings. The molecule has 116 valence electrons. The van der Waals surface area contributed by atoms with E-state index in [9.17, 15) is 9.59 Å². The van der Waals surface area contributed by atoms with Crippen molar-refractivity contribution in [1.82, 2.24) is 10.6 Å². The predicted molar refractivity (Wildman–Crippen MR) is 82.9 cm³/mol. The Morgan fingerprint density at radius 2 is 1.91 bits per heavy atom. The summed E-state index contributed by atoms with van der Waals surface area (Å²) < 4.78 is 5.17. The molecule has 0 aliphatic heterocycles. The highest BCUT2D eigenvalue weighted by Crippen LogP contribution is 2.17. The third-order valence-electron chi connectivity index (χ3n) is 3.29. The molecule has 5 heteroatoms. The van der Waals surface area contributed by atoms with Crippen molar-refractivity contribution in [3.63, 3.8) is 0 Å². The van der Waals surface area contributed by atoms with Gasteiger partial charge in [-0.05, 0) is 24.6 Å². The van der Waals surface area contributed by atoms with Crippen molar-refractivity contribution in [2.24, 2.45) is 0 Å². The van der Waals surface area contributed by atoms with Crippen LogP contribution in [0.5, 0.6) is 0 Å². The van der Waals surface area contributed by atoms with Crippen molar-refractivity contribution in [2.45, 2.75) is 32.9 Å². The van der Waals surface area contributed by atoms with Gasteiger partial charge >= 0.3 is 0 Å². The molecule has 0 saturated heterocycles. The molecule has 1 heterocycles. The molecule has 1 aromatic carbocycles. The van der Waals surface area contributed by atoms with Gasteiger partial charge in [-0.15, -0.1) is 0 Å². The quantitative estimate of drug-likeness (QED) is 0.861. The van der Waals surface area contributed by atoms with E-state index in [1.165, 1.54) is 6.92 Å². The van der Waals surface area contributed by atoms with E-state index in [-0.39, 0.29) is 24.3 Å². The molecule has 0 radical (unpaired) electrons. The number of amides is 2. The minimum atomic E-state index is -0.338. The van der Waals surface area contributed by atoms with Crippen molar-refractivity contribution >= 4 is 11.8 Å². The van der Waals surface area contributed by atoms with Crippen LogP contribution in [0, 0.1) is 6.92 Å². The van der Waals surface area contributed by atoms with Gasteiger partial charge in [0.25, 0.3) is 0 Å². The number of hydrogen-bond acceptors (Lipinski definition) is 3. The zero-order chi connectivity index (χ0) is 15.9. The van der Waals surface area contributed by atoms with Gasteiger partial charge in [0, 0.05) is 6.92 Å². The zero-order valence-electron chi connectivity index (χ0n) is 12.8. The fraction of sp³-hybridized carbons (Fsp3) is 0.294. The Bertz CT molecular complexity index is 618. The largest absolute Gasteiger partial charge is 0.467 e. The molecule has 0 aliphatic carbocycles. The van der Waals surface area contributed by atoms with Crippen LogP contribution >= 0.6 is 0 Å². The Balaban J connectivity index is 1.98. The maximum Gasteiger partial charge on any atom is 0.222 e. The molecule has 1 aromatic heterocycles. The molecule has 0 fully saturated rings. The first-order valence-electron chi connectivity index (χ1n) is 7.17. The van der Waals surface area contributed by atoms with Gasteiger partial charge in [0.15, 0.2) is 0 Å². The normalized spacial score (nSPS) is 11.7. The Morgan fingerprint density at radius 1 is 1.18 bits per heavy atom. The van der Waals surface area contributed by atoms with Crippen LogP contribution in [-0.2, 0) is 16.1 Å². The highest BCUT2D eigenvalue weighted by atomic mass is 16.3. The Labute approximate surface area is 129 Å². The molecule has 5 nitrogen and oxygen atoms in total. The second-order valence-electron chi connectivity index (χ2n) is 5.22. The van der Waals surface area contributed by atoms with Crippen LogP contribution in [0.4, 0.5) is 0 Å². The van der Waals surface area contributed by atoms with Crippen molar-refractivity contribution in [2.75, 3.05) is 0 Å². The van der Waals surface area contributed by atoms with Gasteiger partial charge in [-0.1, -0.05) is 29.8 Å². The summed E-state index contributed by atoms with van der Waals surface area (Å²) in [5.74, 6) is 0.389. The predicted octanol–water partition coefficient (Wildman–Crippen LogP) is 2.47. The maximum atomic E-state index is 12.1. The number of benzene rings is 1. The molecule has 2 amide bonds. The average Bonchev–Trinajstić information content (AvgIpc) is 2.98. The summed E-state index contributed by atoms with van der Waals surface area (Å²) in [6.07, 6.45) is 1.75. The lowest BCUT2D eigenvalue weighted by Crippen LogP contribution is -2.32. The third-order valence-corrected chi connectivity index (χ3v) is 3.29. The topological polar surface area (TPSA) is 71.3 Å². The second-order valence-corrected chi connectivity index (χ2v) is 5.22. The summed E-state index contributed by atoms with van der Waals surface area (Å²) in [6, 6.07) is 11.0. The molecule has 2 N–H and O–H groups in total. The van der Waals surface area contributed by atoms with Crippen molar-refractivity contribution in [3.05, 3.63) is 59.5 Å². The number of furan rings is 1. The monoisotopic (exact) mass is 300 g/mol. The van der Waals surface area contributed by atoms with E-state index in [4.69, 9.17) is 4.42 Å². The molecule has 0 bridgehead atoms. The van der Waals surface area contributed by atoms with E-state index in [1.807, 2.05) is 31.2 Å². The summed E-state index contributed by atoms with van der Waals surface area (Å²) in [5.41, 5.74) is 2.04. The van der Waals surface area contributed by atoms with Crippen LogP contribution in [0.1, 0.15) is 36.3 Å². The van der Waals surface area contributed by atoms with Crippen molar-refractivity contribution in [1.29, 1.82) is 0 Å². The number of carbonyl (C=O) groups excluding carboxylic acids is 2. The fourth-order valence-electron chi connectivity index (χ4n) is 2.15.